The second-order valence-corrected chi connectivity index (χ2v) is 7.01. The Balaban J connectivity index is 1.62. The van der Waals surface area contributed by atoms with Crippen LogP contribution >= 0.6 is 0 Å². The van der Waals surface area contributed by atoms with Gasteiger partial charge in [0.2, 0.25) is 0 Å². The summed E-state index contributed by atoms with van der Waals surface area (Å²) in [7, 11) is 1.69. The minimum atomic E-state index is -0.527. The highest BCUT2D eigenvalue weighted by Gasteiger charge is 2.30. The van der Waals surface area contributed by atoms with E-state index >= 15 is 0 Å². The second-order valence-electron chi connectivity index (χ2n) is 7.01. The average molecular weight is 368 g/mol. The van der Waals surface area contributed by atoms with Crippen molar-refractivity contribution in [1.29, 1.82) is 0 Å². The van der Waals surface area contributed by atoms with Crippen LogP contribution in [0.25, 0.3) is 0 Å². The maximum Gasteiger partial charge on any atom is 0.119 e. The number of aromatic nitrogens is 1. The molecule has 1 saturated carbocycles. The first-order valence-corrected chi connectivity index (χ1v) is 9.40. The molecule has 1 fully saturated rings. The van der Waals surface area contributed by atoms with E-state index in [1.807, 2.05) is 12.1 Å². The number of aliphatic hydroxyl groups excluding tert-OH is 1. The van der Waals surface area contributed by atoms with Crippen molar-refractivity contribution in [2.75, 3.05) is 26.9 Å². The lowest BCUT2D eigenvalue weighted by Crippen LogP contribution is -2.36. The van der Waals surface area contributed by atoms with Crippen molar-refractivity contribution in [3.8, 4) is 18.1 Å². The van der Waals surface area contributed by atoms with Gasteiger partial charge < -0.3 is 19.1 Å². The van der Waals surface area contributed by atoms with Crippen molar-refractivity contribution in [3.05, 3.63) is 53.9 Å². The summed E-state index contributed by atoms with van der Waals surface area (Å²) in [5, 5.41) is 10.3. The molecule has 1 aromatic carbocycles. The van der Waals surface area contributed by atoms with Crippen LogP contribution < -0.4 is 4.74 Å². The van der Waals surface area contributed by atoms with Gasteiger partial charge in [-0.15, -0.1) is 6.42 Å². The second kappa shape index (κ2) is 9.61. The van der Waals surface area contributed by atoms with Gasteiger partial charge in [-0.25, -0.2) is 0 Å². The summed E-state index contributed by atoms with van der Waals surface area (Å²) < 4.78 is 12.9. The molecule has 27 heavy (non-hydrogen) atoms. The SMILES string of the molecule is C#CCOCC(O)CN(Cc1cccn1Cc1cccc(OC)c1)C1CC1. The Morgan fingerprint density at radius 1 is 1.33 bits per heavy atom. The molecule has 1 aliphatic carbocycles. The van der Waals surface area contributed by atoms with Crippen molar-refractivity contribution >= 4 is 0 Å². The predicted octanol–water partition coefficient (Wildman–Crippen LogP) is 2.52. The number of benzene rings is 1. The molecule has 0 amide bonds. The summed E-state index contributed by atoms with van der Waals surface area (Å²) in [6.07, 6.45) is 9.14. The van der Waals surface area contributed by atoms with Gasteiger partial charge in [-0.2, -0.15) is 0 Å². The lowest BCUT2D eigenvalue weighted by molar-refractivity contribution is 0.0238. The molecule has 0 aliphatic heterocycles. The molecule has 2 aromatic rings. The van der Waals surface area contributed by atoms with Gasteiger partial charge in [-0.3, -0.25) is 4.90 Å². The molecule has 1 aliphatic rings. The van der Waals surface area contributed by atoms with Crippen LogP contribution in [-0.4, -0.2) is 53.6 Å². The monoisotopic (exact) mass is 368 g/mol. The number of ether oxygens (including phenoxy) is 2. The van der Waals surface area contributed by atoms with Gasteiger partial charge in [-0.1, -0.05) is 18.1 Å². The third-order valence-electron chi connectivity index (χ3n) is 4.78. The molecule has 1 N–H and O–H groups in total. The van der Waals surface area contributed by atoms with Crippen molar-refractivity contribution < 1.29 is 14.6 Å². The van der Waals surface area contributed by atoms with E-state index in [9.17, 15) is 5.11 Å². The van der Waals surface area contributed by atoms with Crippen LogP contribution in [0.15, 0.2) is 42.6 Å². The van der Waals surface area contributed by atoms with E-state index in [4.69, 9.17) is 15.9 Å². The number of terminal acetylenes is 1. The first-order valence-electron chi connectivity index (χ1n) is 9.40. The van der Waals surface area contributed by atoms with Crippen molar-refractivity contribution in [2.24, 2.45) is 0 Å². The fourth-order valence-corrected chi connectivity index (χ4v) is 3.28. The van der Waals surface area contributed by atoms with Crippen LogP contribution in [0.5, 0.6) is 5.75 Å². The van der Waals surface area contributed by atoms with Crippen LogP contribution in [0.3, 0.4) is 0 Å². The first kappa shape index (κ1) is 19.5. The zero-order chi connectivity index (χ0) is 19.1. The standard InChI is InChI=1S/C22H28N2O3/c1-3-12-27-17-21(25)16-24(19-9-10-19)15-20-7-5-11-23(20)14-18-6-4-8-22(13-18)26-2/h1,4-8,11,13,19,21,25H,9-10,12,14-17H2,2H3. The summed E-state index contributed by atoms with van der Waals surface area (Å²) in [5.41, 5.74) is 2.44. The Kier molecular flexibility index (Phi) is 6.94. The number of aliphatic hydroxyl groups is 1. The third kappa shape index (κ3) is 5.86. The van der Waals surface area contributed by atoms with Crippen molar-refractivity contribution in [2.45, 2.75) is 38.1 Å². The van der Waals surface area contributed by atoms with Gasteiger partial charge in [-0.05, 0) is 42.7 Å². The predicted molar refractivity (Wildman–Crippen MR) is 106 cm³/mol. The zero-order valence-electron chi connectivity index (χ0n) is 15.9. The highest BCUT2D eigenvalue weighted by Crippen LogP contribution is 2.28. The molecule has 1 unspecified atom stereocenters. The van der Waals surface area contributed by atoms with Crippen LogP contribution in [0.1, 0.15) is 24.1 Å². The maximum atomic E-state index is 10.3. The van der Waals surface area contributed by atoms with Crippen molar-refractivity contribution in [3.63, 3.8) is 0 Å². The third-order valence-corrected chi connectivity index (χ3v) is 4.78. The molecule has 0 bridgehead atoms. The smallest absolute Gasteiger partial charge is 0.119 e. The maximum absolute atomic E-state index is 10.3. The van der Waals surface area contributed by atoms with Crippen LogP contribution in [-0.2, 0) is 17.8 Å². The van der Waals surface area contributed by atoms with E-state index in [1.165, 1.54) is 24.1 Å². The molecule has 0 radical (unpaired) electrons. The van der Waals surface area contributed by atoms with E-state index in [1.54, 1.807) is 7.11 Å². The van der Waals surface area contributed by atoms with E-state index in [0.29, 0.717) is 12.6 Å². The molecule has 1 atom stereocenters. The highest BCUT2D eigenvalue weighted by molar-refractivity contribution is 5.29. The fraction of sp³-hybridized carbons (Fsp3) is 0.455. The minimum absolute atomic E-state index is 0.240. The summed E-state index contributed by atoms with van der Waals surface area (Å²) >= 11 is 0. The molecule has 5 heteroatoms. The fourth-order valence-electron chi connectivity index (χ4n) is 3.28. The van der Waals surface area contributed by atoms with E-state index in [0.717, 1.165) is 18.8 Å². The van der Waals surface area contributed by atoms with E-state index < -0.39 is 6.10 Å². The van der Waals surface area contributed by atoms with Crippen molar-refractivity contribution in [1.82, 2.24) is 9.47 Å². The Hall–Kier alpha value is -2.26. The molecular weight excluding hydrogens is 340 g/mol. The molecule has 1 aromatic heterocycles. The molecule has 5 nitrogen and oxygen atoms in total. The molecular formula is C22H28N2O3. The number of hydrogen-bond acceptors (Lipinski definition) is 4. The first-order chi connectivity index (χ1) is 13.2. The molecule has 144 valence electrons. The van der Waals surface area contributed by atoms with Gasteiger partial charge >= 0.3 is 0 Å². The minimum Gasteiger partial charge on any atom is -0.497 e. The Labute approximate surface area is 161 Å². The zero-order valence-corrected chi connectivity index (χ0v) is 15.9. The summed E-state index contributed by atoms with van der Waals surface area (Å²) in [5.74, 6) is 3.30. The Morgan fingerprint density at radius 2 is 2.19 bits per heavy atom. The lowest BCUT2D eigenvalue weighted by atomic mass is 10.2. The normalized spacial score (nSPS) is 14.9. The van der Waals surface area contributed by atoms with Crippen LogP contribution in [0.4, 0.5) is 0 Å². The average Bonchev–Trinajstić information content (AvgIpc) is 3.44. The summed E-state index contributed by atoms with van der Waals surface area (Å²) in [6, 6.07) is 12.9. The molecule has 3 rings (SSSR count). The number of methoxy groups -OCH3 is 1. The summed E-state index contributed by atoms with van der Waals surface area (Å²) in [6.45, 7) is 2.72. The van der Waals surface area contributed by atoms with Gasteiger partial charge in [0.25, 0.3) is 0 Å². The summed E-state index contributed by atoms with van der Waals surface area (Å²) in [4.78, 5) is 2.35. The lowest BCUT2D eigenvalue weighted by Gasteiger charge is -2.25. The topological polar surface area (TPSA) is 46.9 Å². The van der Waals surface area contributed by atoms with E-state index in [2.05, 4.69) is 45.8 Å². The molecule has 0 saturated heterocycles. The Morgan fingerprint density at radius 3 is 2.93 bits per heavy atom. The largest absolute Gasteiger partial charge is 0.497 e. The number of nitrogens with zero attached hydrogens (tertiary/aromatic N) is 2. The van der Waals surface area contributed by atoms with Gasteiger partial charge in [0.1, 0.15) is 12.4 Å². The van der Waals surface area contributed by atoms with Gasteiger partial charge in [0, 0.05) is 37.6 Å². The van der Waals surface area contributed by atoms with E-state index in [-0.39, 0.29) is 13.2 Å². The van der Waals surface area contributed by atoms with Gasteiger partial charge in [0.15, 0.2) is 0 Å². The van der Waals surface area contributed by atoms with Crippen LogP contribution in [0, 0.1) is 12.3 Å². The van der Waals surface area contributed by atoms with Crippen LogP contribution in [0.2, 0.25) is 0 Å². The quantitative estimate of drug-likeness (QED) is 0.489. The number of hydrogen-bond donors (Lipinski definition) is 1. The molecule has 1 heterocycles. The number of rotatable bonds is 11. The molecule has 0 spiro atoms. The van der Waals surface area contributed by atoms with Gasteiger partial charge in [0.05, 0.1) is 19.8 Å². The highest BCUT2D eigenvalue weighted by atomic mass is 16.5. The Bertz CT molecular complexity index is 761.